The van der Waals surface area contributed by atoms with Crippen molar-refractivity contribution >= 4 is 18.6 Å². The SMILES string of the molecule is CN(Cc1ccccn1)CC(C)(C)C=NCC(C)(CN=CC(C)(C)CN(C)Cc1ccccn1)CN=CC(C)(C)CN(C)Cc1ccccn1. The highest BCUT2D eigenvalue weighted by Gasteiger charge is 2.27. The molecular formula is C41H63N9. The molecule has 272 valence electrons. The van der Waals surface area contributed by atoms with E-state index in [2.05, 4.69) is 136 Å². The minimum absolute atomic E-state index is 0.0999. The van der Waals surface area contributed by atoms with Gasteiger partial charge in [-0.2, -0.15) is 0 Å². The van der Waals surface area contributed by atoms with Crippen molar-refractivity contribution in [2.24, 2.45) is 36.6 Å². The van der Waals surface area contributed by atoms with Crippen molar-refractivity contribution in [2.45, 2.75) is 68.1 Å². The fraction of sp³-hybridized carbons (Fsp3) is 0.561. The van der Waals surface area contributed by atoms with E-state index >= 15 is 0 Å². The predicted octanol–water partition coefficient (Wildman–Crippen LogP) is 6.86. The standard InChI is InChI=1S/C41H63N9/c1-38(2,32-48(8)23-35-17-11-14-20-45-35)26-42-29-41(7,30-43-27-39(3,4)33-49(9)24-36-18-12-15-21-46-36)31-44-28-40(5,6)34-50(10)25-37-19-13-16-22-47-37/h11-22,26-28H,23-25,29-34H2,1-10H3. The summed E-state index contributed by atoms with van der Waals surface area (Å²) in [5, 5.41) is 0. The third-order valence-corrected chi connectivity index (χ3v) is 8.25. The van der Waals surface area contributed by atoms with Gasteiger partial charge < -0.3 is 0 Å². The molecule has 0 saturated carbocycles. The Morgan fingerprint density at radius 3 is 1.00 bits per heavy atom. The molecule has 0 radical (unpaired) electrons. The second-order valence-electron chi connectivity index (χ2n) is 16.7. The van der Waals surface area contributed by atoms with Crippen molar-refractivity contribution < 1.29 is 0 Å². The van der Waals surface area contributed by atoms with Gasteiger partial charge in [-0.25, -0.2) is 0 Å². The van der Waals surface area contributed by atoms with E-state index in [4.69, 9.17) is 15.0 Å². The zero-order valence-electron chi connectivity index (χ0n) is 32.5. The number of pyridine rings is 3. The summed E-state index contributed by atoms with van der Waals surface area (Å²) >= 11 is 0. The van der Waals surface area contributed by atoms with E-state index in [9.17, 15) is 0 Å². The zero-order chi connectivity index (χ0) is 36.7. The molecule has 0 atom stereocenters. The number of aliphatic imine (C=N–C) groups is 3. The predicted molar refractivity (Wildman–Crippen MR) is 211 cm³/mol. The maximum atomic E-state index is 5.05. The minimum Gasteiger partial charge on any atom is -0.300 e. The van der Waals surface area contributed by atoms with E-state index in [1.54, 1.807) is 0 Å². The summed E-state index contributed by atoms with van der Waals surface area (Å²) in [6.07, 6.45) is 11.9. The van der Waals surface area contributed by atoms with Gasteiger partial charge in [0.2, 0.25) is 0 Å². The van der Waals surface area contributed by atoms with Crippen LogP contribution in [0.3, 0.4) is 0 Å². The van der Waals surface area contributed by atoms with Crippen LogP contribution in [-0.4, -0.2) is 109 Å². The summed E-state index contributed by atoms with van der Waals surface area (Å²) in [6.45, 7) is 22.7. The highest BCUT2D eigenvalue weighted by molar-refractivity contribution is 5.66. The third-order valence-electron chi connectivity index (χ3n) is 8.25. The molecule has 0 aliphatic carbocycles. The molecule has 0 aromatic carbocycles. The van der Waals surface area contributed by atoms with Gasteiger partial charge in [-0.3, -0.25) is 44.6 Å². The van der Waals surface area contributed by atoms with Crippen molar-refractivity contribution in [1.29, 1.82) is 0 Å². The summed E-state index contributed by atoms with van der Waals surface area (Å²) < 4.78 is 0. The molecule has 0 spiro atoms. The van der Waals surface area contributed by atoms with Crippen molar-refractivity contribution in [3.05, 3.63) is 90.3 Å². The molecule has 3 aromatic rings. The van der Waals surface area contributed by atoms with Crippen LogP contribution in [0.25, 0.3) is 0 Å². The van der Waals surface area contributed by atoms with Crippen molar-refractivity contribution in [3.8, 4) is 0 Å². The third kappa shape index (κ3) is 16.4. The van der Waals surface area contributed by atoms with Crippen LogP contribution in [0.1, 0.15) is 65.5 Å². The van der Waals surface area contributed by atoms with Crippen LogP contribution in [-0.2, 0) is 19.6 Å². The average molecular weight is 682 g/mol. The Balaban J connectivity index is 1.67. The summed E-state index contributed by atoms with van der Waals surface area (Å²) in [5.74, 6) is 0. The van der Waals surface area contributed by atoms with Gasteiger partial charge in [-0.1, -0.05) is 66.7 Å². The van der Waals surface area contributed by atoms with Crippen LogP contribution in [0.5, 0.6) is 0 Å². The largest absolute Gasteiger partial charge is 0.300 e. The first-order chi connectivity index (χ1) is 23.5. The average Bonchev–Trinajstić information content (AvgIpc) is 3.01. The first kappa shape index (κ1) is 40.8. The van der Waals surface area contributed by atoms with Crippen molar-refractivity contribution in [2.75, 3.05) is 60.4 Å². The topological polar surface area (TPSA) is 85.5 Å². The lowest BCUT2D eigenvalue weighted by Crippen LogP contribution is -2.35. The van der Waals surface area contributed by atoms with Crippen LogP contribution < -0.4 is 0 Å². The molecule has 0 fully saturated rings. The quantitative estimate of drug-likeness (QED) is 0.114. The molecule has 3 heterocycles. The molecule has 0 aliphatic heterocycles. The fourth-order valence-corrected chi connectivity index (χ4v) is 6.37. The fourth-order valence-electron chi connectivity index (χ4n) is 6.37. The number of nitrogens with zero attached hydrogens (tertiary/aromatic N) is 9. The molecule has 0 aliphatic rings. The van der Waals surface area contributed by atoms with E-state index in [0.29, 0.717) is 19.6 Å². The monoisotopic (exact) mass is 682 g/mol. The highest BCUT2D eigenvalue weighted by Crippen LogP contribution is 2.23. The van der Waals surface area contributed by atoms with Crippen molar-refractivity contribution in [3.63, 3.8) is 0 Å². The Kier molecular flexibility index (Phi) is 15.6. The van der Waals surface area contributed by atoms with Gasteiger partial charge in [0.1, 0.15) is 0 Å². The normalized spacial score (nSPS) is 14.6. The number of aromatic nitrogens is 3. The number of hydrogen-bond donors (Lipinski definition) is 0. The molecule has 0 saturated heterocycles. The molecule has 50 heavy (non-hydrogen) atoms. The molecule has 3 rings (SSSR count). The van der Waals surface area contributed by atoms with Gasteiger partial charge in [0.15, 0.2) is 0 Å². The summed E-state index contributed by atoms with van der Waals surface area (Å²) in [5.41, 5.74) is 2.69. The molecule has 0 amide bonds. The molecular weight excluding hydrogens is 619 g/mol. The highest BCUT2D eigenvalue weighted by atomic mass is 15.1. The molecule has 0 N–H and O–H groups in total. The first-order valence-corrected chi connectivity index (χ1v) is 17.8. The molecule has 0 bridgehead atoms. The maximum Gasteiger partial charge on any atom is 0.0543 e. The van der Waals surface area contributed by atoms with Gasteiger partial charge in [-0.05, 0) is 57.5 Å². The van der Waals surface area contributed by atoms with E-state index in [0.717, 1.165) is 56.4 Å². The van der Waals surface area contributed by atoms with Crippen LogP contribution >= 0.6 is 0 Å². The molecule has 9 nitrogen and oxygen atoms in total. The van der Waals surface area contributed by atoms with E-state index in [1.165, 1.54) is 0 Å². The van der Waals surface area contributed by atoms with Gasteiger partial charge >= 0.3 is 0 Å². The smallest absolute Gasteiger partial charge is 0.0543 e. The Morgan fingerprint density at radius 1 is 0.480 bits per heavy atom. The van der Waals surface area contributed by atoms with E-state index < -0.39 is 0 Å². The lowest BCUT2D eigenvalue weighted by molar-refractivity contribution is 0.255. The Morgan fingerprint density at radius 2 is 0.760 bits per heavy atom. The van der Waals surface area contributed by atoms with E-state index in [1.807, 2.05) is 55.0 Å². The maximum absolute atomic E-state index is 5.05. The second-order valence-corrected chi connectivity index (χ2v) is 16.7. The Hall–Kier alpha value is -3.66. The van der Waals surface area contributed by atoms with Crippen LogP contribution in [0, 0.1) is 21.7 Å². The Bertz CT molecular complexity index is 1290. The summed E-state index contributed by atoms with van der Waals surface area (Å²) in [6, 6.07) is 18.2. The van der Waals surface area contributed by atoms with Crippen LogP contribution in [0.4, 0.5) is 0 Å². The summed E-state index contributed by atoms with van der Waals surface area (Å²) in [7, 11) is 6.43. The van der Waals surface area contributed by atoms with Gasteiger partial charge in [0, 0.05) is 118 Å². The lowest BCUT2D eigenvalue weighted by Gasteiger charge is -2.30. The van der Waals surface area contributed by atoms with Gasteiger partial charge in [0.25, 0.3) is 0 Å². The second kappa shape index (κ2) is 19.1. The zero-order valence-corrected chi connectivity index (χ0v) is 32.5. The molecule has 9 heteroatoms. The summed E-state index contributed by atoms with van der Waals surface area (Å²) in [4.78, 5) is 35.5. The van der Waals surface area contributed by atoms with Gasteiger partial charge in [-0.15, -0.1) is 0 Å². The number of hydrogen-bond acceptors (Lipinski definition) is 9. The molecule has 0 unspecified atom stereocenters. The van der Waals surface area contributed by atoms with E-state index in [-0.39, 0.29) is 21.7 Å². The first-order valence-electron chi connectivity index (χ1n) is 17.8. The van der Waals surface area contributed by atoms with Gasteiger partial charge in [0.05, 0.1) is 17.1 Å². The number of rotatable bonds is 21. The minimum atomic E-state index is -0.231. The van der Waals surface area contributed by atoms with Crippen LogP contribution in [0.2, 0.25) is 0 Å². The molecule has 3 aromatic heterocycles. The van der Waals surface area contributed by atoms with Crippen LogP contribution in [0.15, 0.2) is 88.2 Å². The lowest BCUT2D eigenvalue weighted by atomic mass is 9.89. The van der Waals surface area contributed by atoms with Crippen molar-refractivity contribution in [1.82, 2.24) is 29.7 Å². The Labute approximate surface area is 303 Å².